The maximum atomic E-state index is 13.3. The van der Waals surface area contributed by atoms with Crippen LogP contribution in [-0.2, 0) is 14.3 Å². The Hall–Kier alpha value is -3.59. The van der Waals surface area contributed by atoms with Crippen LogP contribution in [0.15, 0.2) is 42.5 Å². The highest BCUT2D eigenvalue weighted by Crippen LogP contribution is 2.32. The van der Waals surface area contributed by atoms with E-state index < -0.39 is 0 Å². The average Bonchev–Trinajstić information content (AvgIpc) is 2.86. The molecule has 9 nitrogen and oxygen atoms in total. The summed E-state index contributed by atoms with van der Waals surface area (Å²) in [7, 11) is 4.62. The Morgan fingerprint density at radius 1 is 1.15 bits per heavy atom. The molecule has 1 saturated heterocycles. The smallest absolute Gasteiger partial charge is 0.308 e. The van der Waals surface area contributed by atoms with E-state index in [0.29, 0.717) is 41.2 Å². The van der Waals surface area contributed by atoms with Crippen LogP contribution in [0.2, 0.25) is 0 Å². The highest BCUT2D eigenvalue weighted by Gasteiger charge is 2.39. The predicted octanol–water partition coefficient (Wildman–Crippen LogP) is 2.89. The normalized spacial score (nSPS) is 21.8. The van der Waals surface area contributed by atoms with E-state index >= 15 is 0 Å². The lowest BCUT2D eigenvalue weighted by Gasteiger charge is -2.42. The van der Waals surface area contributed by atoms with Crippen molar-refractivity contribution in [2.45, 2.75) is 37.5 Å². The Labute approximate surface area is 197 Å². The van der Waals surface area contributed by atoms with Crippen molar-refractivity contribution in [1.29, 1.82) is 0 Å². The number of fused-ring (bicyclic) bond motifs is 2. The van der Waals surface area contributed by atoms with Crippen molar-refractivity contribution in [3.8, 4) is 11.5 Å². The van der Waals surface area contributed by atoms with Crippen molar-refractivity contribution in [2.24, 2.45) is 0 Å². The summed E-state index contributed by atoms with van der Waals surface area (Å²) in [5.74, 6) is 0.122. The van der Waals surface area contributed by atoms with Crippen molar-refractivity contribution in [3.05, 3.63) is 53.6 Å². The second-order valence-corrected chi connectivity index (χ2v) is 8.35. The largest absolute Gasteiger partial charge is 0.497 e. The van der Waals surface area contributed by atoms with Gasteiger partial charge in [0.05, 0.1) is 38.3 Å². The van der Waals surface area contributed by atoms with Crippen LogP contribution in [-0.4, -0.2) is 68.8 Å². The average molecular weight is 469 g/mol. The molecule has 2 aliphatic heterocycles. The number of benzene rings is 2. The number of methoxy groups -OCH3 is 2. The van der Waals surface area contributed by atoms with Gasteiger partial charge in [0.15, 0.2) is 0 Å². The van der Waals surface area contributed by atoms with Crippen molar-refractivity contribution < 1.29 is 33.3 Å². The van der Waals surface area contributed by atoms with Crippen molar-refractivity contribution >= 4 is 23.5 Å². The molecule has 0 radical (unpaired) electrons. The Morgan fingerprint density at radius 3 is 2.74 bits per heavy atom. The van der Waals surface area contributed by atoms with Crippen LogP contribution in [0.1, 0.15) is 40.0 Å². The molecule has 1 fully saturated rings. The van der Waals surface area contributed by atoms with Crippen LogP contribution >= 0.6 is 0 Å². The minimum Gasteiger partial charge on any atom is -0.497 e. The van der Waals surface area contributed by atoms with Gasteiger partial charge < -0.3 is 29.2 Å². The zero-order valence-electron chi connectivity index (χ0n) is 19.4. The molecule has 4 rings (SSSR count). The Bertz CT molecular complexity index is 1090. The predicted molar refractivity (Wildman–Crippen MR) is 123 cm³/mol. The minimum atomic E-state index is -0.363. The fourth-order valence-corrected chi connectivity index (χ4v) is 4.34. The van der Waals surface area contributed by atoms with Crippen LogP contribution in [0, 0.1) is 0 Å². The molecule has 2 aliphatic rings. The van der Waals surface area contributed by atoms with Crippen LogP contribution in [0.25, 0.3) is 0 Å². The number of likely N-dealkylation sites (N-methyl/N-ethyl adjacent to an activating group) is 1. The number of rotatable bonds is 5. The lowest BCUT2D eigenvalue weighted by molar-refractivity contribution is -0.151. The maximum absolute atomic E-state index is 13.3. The monoisotopic (exact) mass is 468 g/mol. The summed E-state index contributed by atoms with van der Waals surface area (Å²) in [4.78, 5) is 39.3. The molecular formula is C25H28N2O7. The molecule has 0 unspecified atom stereocenters. The topological polar surface area (TPSA) is 103 Å². The summed E-state index contributed by atoms with van der Waals surface area (Å²) in [6.45, 7) is 0.239. The molecule has 3 atom stereocenters. The molecule has 0 bridgehead atoms. The summed E-state index contributed by atoms with van der Waals surface area (Å²) >= 11 is 0. The van der Waals surface area contributed by atoms with Crippen LogP contribution in [0.4, 0.5) is 5.69 Å². The van der Waals surface area contributed by atoms with Gasteiger partial charge in [0, 0.05) is 18.3 Å². The number of ether oxygens (including phenoxy) is 4. The van der Waals surface area contributed by atoms with E-state index in [4.69, 9.17) is 18.9 Å². The molecule has 180 valence electrons. The highest BCUT2D eigenvalue weighted by molar-refractivity contribution is 6.05. The second-order valence-electron chi connectivity index (χ2n) is 8.35. The summed E-state index contributed by atoms with van der Waals surface area (Å²) in [6.07, 6.45) is 0.855. The van der Waals surface area contributed by atoms with Gasteiger partial charge in [-0.1, -0.05) is 6.07 Å². The first-order valence-corrected chi connectivity index (χ1v) is 11.1. The van der Waals surface area contributed by atoms with Crippen molar-refractivity contribution in [1.82, 2.24) is 4.90 Å². The Balaban J connectivity index is 1.51. The molecule has 2 amide bonds. The minimum absolute atomic E-state index is 0.171. The van der Waals surface area contributed by atoms with Crippen molar-refractivity contribution in [2.75, 3.05) is 33.2 Å². The quantitative estimate of drug-likeness (QED) is 0.673. The molecule has 0 aromatic heterocycles. The summed E-state index contributed by atoms with van der Waals surface area (Å²) < 4.78 is 22.0. The first-order valence-electron chi connectivity index (χ1n) is 11.1. The zero-order valence-corrected chi connectivity index (χ0v) is 19.4. The Morgan fingerprint density at radius 2 is 1.97 bits per heavy atom. The van der Waals surface area contributed by atoms with Gasteiger partial charge in [-0.15, -0.1) is 0 Å². The van der Waals surface area contributed by atoms with Crippen LogP contribution < -0.4 is 14.8 Å². The van der Waals surface area contributed by atoms with Crippen molar-refractivity contribution in [3.63, 3.8) is 0 Å². The zero-order chi connectivity index (χ0) is 24.2. The molecule has 2 aromatic rings. The van der Waals surface area contributed by atoms with E-state index in [0.717, 1.165) is 0 Å². The number of hydrogen-bond donors (Lipinski definition) is 1. The number of carbonyl (C=O) groups is 3. The molecule has 0 spiro atoms. The molecular weight excluding hydrogens is 440 g/mol. The van der Waals surface area contributed by atoms with Gasteiger partial charge in [-0.3, -0.25) is 14.4 Å². The molecule has 0 saturated carbocycles. The SMILES string of the molecule is COC(=O)C[C@@H]1CC[C@@H]2[C@H](COc3ccc(NC(=O)c4cccc(OC)c4)cc3C(=O)N2C)O1. The third kappa shape index (κ3) is 4.99. The Kier molecular flexibility index (Phi) is 7.02. The maximum Gasteiger partial charge on any atom is 0.308 e. The van der Waals surface area contributed by atoms with Gasteiger partial charge in [0.2, 0.25) is 0 Å². The van der Waals surface area contributed by atoms with Crippen LogP contribution in [0.3, 0.4) is 0 Å². The van der Waals surface area contributed by atoms with E-state index in [1.807, 2.05) is 0 Å². The number of nitrogens with zero attached hydrogens (tertiary/aromatic N) is 1. The van der Waals surface area contributed by atoms with E-state index in [-0.39, 0.29) is 49.1 Å². The fraction of sp³-hybridized carbons (Fsp3) is 0.400. The third-order valence-electron chi connectivity index (χ3n) is 6.22. The molecule has 0 aliphatic carbocycles. The fourth-order valence-electron chi connectivity index (χ4n) is 4.34. The van der Waals surface area contributed by atoms with E-state index in [1.54, 1.807) is 54.4 Å². The summed E-state index contributed by atoms with van der Waals surface area (Å²) in [5.41, 5.74) is 1.28. The number of anilines is 1. The number of hydrogen-bond acceptors (Lipinski definition) is 7. The van der Waals surface area contributed by atoms with Crippen LogP contribution in [0.5, 0.6) is 11.5 Å². The van der Waals surface area contributed by atoms with E-state index in [9.17, 15) is 14.4 Å². The van der Waals surface area contributed by atoms with Gasteiger partial charge in [-0.25, -0.2) is 0 Å². The standard InChI is InChI=1S/C25H28N2O7/c1-27-20-9-8-18(13-23(28)32-3)34-22(20)14-33-21-10-7-16(12-19(21)25(27)30)26-24(29)15-5-4-6-17(11-15)31-2/h4-7,10-12,18,20,22H,8-9,13-14H2,1-3H3,(H,26,29)/t18-,20+,22-/m0/s1. The molecule has 34 heavy (non-hydrogen) atoms. The second kappa shape index (κ2) is 10.1. The molecule has 9 heteroatoms. The summed E-state index contributed by atoms with van der Waals surface area (Å²) in [6, 6.07) is 11.6. The first-order chi connectivity index (χ1) is 16.4. The lowest BCUT2D eigenvalue weighted by atomic mass is 9.94. The molecule has 2 heterocycles. The first kappa shape index (κ1) is 23.6. The summed E-state index contributed by atoms with van der Waals surface area (Å²) in [5, 5.41) is 2.83. The number of amides is 2. The van der Waals surface area contributed by atoms with Gasteiger partial charge in [-0.2, -0.15) is 0 Å². The van der Waals surface area contributed by atoms with Gasteiger partial charge in [0.25, 0.3) is 11.8 Å². The van der Waals surface area contributed by atoms with Gasteiger partial charge in [0.1, 0.15) is 24.2 Å². The number of nitrogens with one attached hydrogen (secondary N) is 1. The van der Waals surface area contributed by atoms with E-state index in [1.165, 1.54) is 14.2 Å². The molecule has 1 N–H and O–H groups in total. The van der Waals surface area contributed by atoms with Gasteiger partial charge >= 0.3 is 5.97 Å². The number of carbonyl (C=O) groups excluding carboxylic acids is 3. The third-order valence-corrected chi connectivity index (χ3v) is 6.22. The highest BCUT2D eigenvalue weighted by atomic mass is 16.6. The lowest BCUT2D eigenvalue weighted by Crippen LogP contribution is -2.53. The number of esters is 1. The molecule has 2 aromatic carbocycles. The van der Waals surface area contributed by atoms with Gasteiger partial charge in [-0.05, 0) is 49.2 Å². The van der Waals surface area contributed by atoms with E-state index in [2.05, 4.69) is 5.32 Å².